The van der Waals surface area contributed by atoms with Crippen molar-refractivity contribution in [3.05, 3.63) is 41.1 Å². The molecule has 1 aliphatic rings. The van der Waals surface area contributed by atoms with Crippen LogP contribution in [0.5, 0.6) is 0 Å². The smallest absolute Gasteiger partial charge is 0.433 e. The van der Waals surface area contributed by atoms with Gasteiger partial charge in [-0.15, -0.1) is 0 Å². The van der Waals surface area contributed by atoms with E-state index in [9.17, 15) is 23.2 Å². The second-order valence-corrected chi connectivity index (χ2v) is 5.96. The van der Waals surface area contributed by atoms with E-state index in [0.717, 1.165) is 12.5 Å². The summed E-state index contributed by atoms with van der Waals surface area (Å²) in [6.07, 6.45) is -4.09. The summed E-state index contributed by atoms with van der Waals surface area (Å²) in [6.45, 7) is 1.17. The summed E-state index contributed by atoms with van der Waals surface area (Å²) in [6, 6.07) is 6.98. The molecule has 0 bridgehead atoms. The van der Waals surface area contributed by atoms with Crippen LogP contribution in [-0.4, -0.2) is 34.1 Å². The second-order valence-electron chi connectivity index (χ2n) is 5.96. The number of nitrogens with zero attached hydrogens (tertiary/aromatic N) is 4. The van der Waals surface area contributed by atoms with Gasteiger partial charge in [-0.2, -0.15) is 23.4 Å². The van der Waals surface area contributed by atoms with E-state index in [1.54, 1.807) is 4.90 Å². The van der Waals surface area contributed by atoms with Crippen molar-refractivity contribution >= 4 is 23.4 Å². The summed E-state index contributed by atoms with van der Waals surface area (Å²) in [4.78, 5) is 20.2. The highest BCUT2D eigenvalue weighted by atomic mass is 19.4. The molecule has 7 nitrogen and oxygen atoms in total. The lowest BCUT2D eigenvalue weighted by atomic mass is 10.0. The zero-order valence-corrected chi connectivity index (χ0v) is 13.9. The molecule has 1 aromatic heterocycles. The maximum Gasteiger partial charge on any atom is 0.433 e. The van der Waals surface area contributed by atoms with Crippen molar-refractivity contribution in [3.8, 4) is 6.07 Å². The van der Waals surface area contributed by atoms with E-state index in [-0.39, 0.29) is 23.8 Å². The zero-order valence-electron chi connectivity index (χ0n) is 13.9. The van der Waals surface area contributed by atoms with E-state index in [4.69, 9.17) is 5.11 Å². The fourth-order valence-corrected chi connectivity index (χ4v) is 2.52. The van der Waals surface area contributed by atoms with Gasteiger partial charge < -0.3 is 15.3 Å². The van der Waals surface area contributed by atoms with Crippen LogP contribution >= 0.6 is 0 Å². The average Bonchev–Trinajstić information content (AvgIpc) is 2.53. The van der Waals surface area contributed by atoms with Gasteiger partial charge in [0, 0.05) is 24.8 Å². The lowest BCUT2D eigenvalue weighted by molar-refractivity contribution is -0.141. The summed E-state index contributed by atoms with van der Waals surface area (Å²) in [5.41, 5.74) is -0.307. The molecule has 1 aromatic carbocycles. The van der Waals surface area contributed by atoms with Crippen molar-refractivity contribution in [2.75, 3.05) is 23.3 Å². The molecule has 0 radical (unpaired) electrons. The monoisotopic (exact) mass is 377 g/mol. The van der Waals surface area contributed by atoms with Crippen LogP contribution in [0.1, 0.15) is 23.2 Å². The van der Waals surface area contributed by atoms with E-state index in [1.165, 1.54) is 18.2 Å². The summed E-state index contributed by atoms with van der Waals surface area (Å²) >= 11 is 0. The first-order valence-corrected chi connectivity index (χ1v) is 7.99. The molecule has 0 atom stereocenters. The molecule has 0 aliphatic carbocycles. The number of benzene rings is 1. The molecular weight excluding hydrogens is 363 g/mol. The minimum atomic E-state index is -4.62. The van der Waals surface area contributed by atoms with Crippen LogP contribution in [0.4, 0.5) is 30.6 Å². The van der Waals surface area contributed by atoms with Gasteiger partial charge in [0.1, 0.15) is 5.82 Å². The standard InChI is InChI=1S/C17H14F3N5O2/c18-17(19,20)13-8-14(24-16(23-13)25-4-1-5-25)22-12-3-2-10(7-15(26)27)11(6-12)9-21/h2-3,6,8H,1,4-5,7H2,(H,26,27)(H,22,23,24). The molecule has 1 aliphatic heterocycles. The number of aliphatic carboxylic acids is 1. The molecule has 0 amide bonds. The molecule has 0 saturated carbocycles. The van der Waals surface area contributed by atoms with Gasteiger partial charge in [-0.3, -0.25) is 4.79 Å². The normalized spacial score (nSPS) is 13.6. The molecule has 2 N–H and O–H groups in total. The van der Waals surface area contributed by atoms with Gasteiger partial charge in [0.25, 0.3) is 0 Å². The number of carboxylic acid groups (broad SMARTS) is 1. The lowest BCUT2D eigenvalue weighted by Gasteiger charge is -2.31. The largest absolute Gasteiger partial charge is 0.481 e. The number of hydrogen-bond donors (Lipinski definition) is 2. The summed E-state index contributed by atoms with van der Waals surface area (Å²) in [5, 5.41) is 20.8. The van der Waals surface area contributed by atoms with Gasteiger partial charge in [-0.05, 0) is 24.1 Å². The summed E-state index contributed by atoms with van der Waals surface area (Å²) < 4.78 is 39.4. The number of alkyl halides is 3. The first-order chi connectivity index (χ1) is 12.8. The number of aromatic nitrogens is 2. The Labute approximate surface area is 152 Å². The Balaban J connectivity index is 1.92. The van der Waals surface area contributed by atoms with Gasteiger partial charge in [0.05, 0.1) is 18.1 Å². The Morgan fingerprint density at radius 2 is 2.04 bits per heavy atom. The highest BCUT2D eigenvalue weighted by Gasteiger charge is 2.34. The fraction of sp³-hybridized carbons (Fsp3) is 0.294. The number of hydrogen-bond acceptors (Lipinski definition) is 6. The fourth-order valence-electron chi connectivity index (χ4n) is 2.52. The van der Waals surface area contributed by atoms with Crippen LogP contribution in [0, 0.1) is 11.3 Å². The van der Waals surface area contributed by atoms with Gasteiger partial charge >= 0.3 is 12.1 Å². The zero-order chi connectivity index (χ0) is 19.6. The molecule has 140 valence electrons. The Morgan fingerprint density at radius 1 is 1.30 bits per heavy atom. The van der Waals surface area contributed by atoms with E-state index in [2.05, 4.69) is 15.3 Å². The first-order valence-electron chi connectivity index (χ1n) is 7.99. The van der Waals surface area contributed by atoms with E-state index < -0.39 is 17.8 Å². The van der Waals surface area contributed by atoms with Crippen LogP contribution in [0.15, 0.2) is 24.3 Å². The number of halogens is 3. The molecule has 0 unspecified atom stereocenters. The Bertz CT molecular complexity index is 920. The van der Waals surface area contributed by atoms with Crippen molar-refractivity contribution in [1.29, 1.82) is 5.26 Å². The van der Waals surface area contributed by atoms with Crippen molar-refractivity contribution < 1.29 is 23.1 Å². The third-order valence-electron chi connectivity index (χ3n) is 3.99. The van der Waals surface area contributed by atoms with Crippen LogP contribution in [0.25, 0.3) is 0 Å². The third kappa shape index (κ3) is 4.25. The molecule has 2 aromatic rings. The van der Waals surface area contributed by atoms with E-state index in [0.29, 0.717) is 24.3 Å². The van der Waals surface area contributed by atoms with Crippen LogP contribution in [0.2, 0.25) is 0 Å². The number of carbonyl (C=O) groups is 1. The van der Waals surface area contributed by atoms with Crippen molar-refractivity contribution in [2.45, 2.75) is 19.0 Å². The molecule has 2 heterocycles. The second kappa shape index (κ2) is 7.11. The average molecular weight is 377 g/mol. The quantitative estimate of drug-likeness (QED) is 0.826. The lowest BCUT2D eigenvalue weighted by Crippen LogP contribution is -2.38. The molecular formula is C17H14F3N5O2. The first kappa shape index (κ1) is 18.4. The molecule has 0 spiro atoms. The Hall–Kier alpha value is -3.35. The van der Waals surface area contributed by atoms with Gasteiger partial charge in [-0.25, -0.2) is 4.98 Å². The molecule has 1 fully saturated rings. The summed E-state index contributed by atoms with van der Waals surface area (Å²) in [7, 11) is 0. The highest BCUT2D eigenvalue weighted by Crippen LogP contribution is 2.32. The van der Waals surface area contributed by atoms with Crippen LogP contribution < -0.4 is 10.2 Å². The Kier molecular flexibility index (Phi) is 4.85. The molecule has 1 saturated heterocycles. The number of anilines is 3. The molecule has 10 heteroatoms. The molecule has 27 heavy (non-hydrogen) atoms. The van der Waals surface area contributed by atoms with Crippen LogP contribution in [0.3, 0.4) is 0 Å². The van der Waals surface area contributed by atoms with Crippen molar-refractivity contribution in [2.24, 2.45) is 0 Å². The topological polar surface area (TPSA) is 102 Å². The highest BCUT2D eigenvalue weighted by molar-refractivity contribution is 5.72. The number of carboxylic acids is 1. The van der Waals surface area contributed by atoms with Crippen molar-refractivity contribution in [3.63, 3.8) is 0 Å². The SMILES string of the molecule is N#Cc1cc(Nc2cc(C(F)(F)F)nc(N3CCC3)n2)ccc1CC(=O)O. The number of rotatable bonds is 5. The predicted octanol–water partition coefficient (Wildman–Crippen LogP) is 2.95. The van der Waals surface area contributed by atoms with Gasteiger partial charge in [0.2, 0.25) is 5.95 Å². The van der Waals surface area contributed by atoms with E-state index >= 15 is 0 Å². The Morgan fingerprint density at radius 3 is 2.59 bits per heavy atom. The van der Waals surface area contributed by atoms with E-state index in [1.807, 2.05) is 6.07 Å². The molecule has 3 rings (SSSR count). The number of nitrogens with one attached hydrogen (secondary N) is 1. The third-order valence-corrected chi connectivity index (χ3v) is 3.99. The van der Waals surface area contributed by atoms with Crippen LogP contribution in [-0.2, 0) is 17.4 Å². The maximum absolute atomic E-state index is 13.1. The number of nitriles is 1. The maximum atomic E-state index is 13.1. The minimum absolute atomic E-state index is 0.0124. The van der Waals surface area contributed by atoms with Gasteiger partial charge in [0.15, 0.2) is 5.69 Å². The van der Waals surface area contributed by atoms with Crippen molar-refractivity contribution in [1.82, 2.24) is 9.97 Å². The minimum Gasteiger partial charge on any atom is -0.481 e. The predicted molar refractivity (Wildman–Crippen MR) is 89.6 cm³/mol. The summed E-state index contributed by atoms with van der Waals surface area (Å²) in [5.74, 6) is -1.16. The van der Waals surface area contributed by atoms with Gasteiger partial charge in [-0.1, -0.05) is 6.07 Å².